The number of hydrogen-bond acceptors (Lipinski definition) is 9. The Kier molecular flexibility index (Phi) is 5.99. The number of anilines is 1. The number of H-pyrrole nitrogens is 1. The van der Waals surface area contributed by atoms with Crippen LogP contribution in [0.2, 0.25) is 0 Å². The third-order valence-electron chi connectivity index (χ3n) is 5.04. The van der Waals surface area contributed by atoms with Gasteiger partial charge in [0.1, 0.15) is 22.0 Å². The average molecular weight is 519 g/mol. The molecule has 182 valence electrons. The monoisotopic (exact) mass is 519 g/mol. The molecule has 1 saturated heterocycles. The first-order chi connectivity index (χ1) is 15.9. The van der Waals surface area contributed by atoms with Gasteiger partial charge >= 0.3 is 12.3 Å². The first-order valence-corrected chi connectivity index (χ1v) is 11.8. The van der Waals surface area contributed by atoms with Crippen LogP contribution in [0.15, 0.2) is 34.0 Å². The quantitative estimate of drug-likeness (QED) is 0.513. The lowest BCUT2D eigenvalue weighted by Crippen LogP contribution is -2.58. The van der Waals surface area contributed by atoms with E-state index in [4.69, 9.17) is 0 Å². The molecule has 1 aliphatic rings. The molecule has 1 aliphatic heterocycles. The minimum Gasteiger partial charge on any atom is -0.480 e. The number of piperazine rings is 1. The van der Waals surface area contributed by atoms with E-state index in [-0.39, 0.29) is 24.5 Å². The minimum atomic E-state index is -4.94. The number of halogens is 3. The summed E-state index contributed by atoms with van der Waals surface area (Å²) in [6, 6.07) is 1.99. The first-order valence-electron chi connectivity index (χ1n) is 9.58. The zero-order valence-electron chi connectivity index (χ0n) is 17.2. The molecule has 1 atom stereocenters. The van der Waals surface area contributed by atoms with Gasteiger partial charge < -0.3 is 14.7 Å². The molecule has 16 heteroatoms. The van der Waals surface area contributed by atoms with Crippen molar-refractivity contribution in [3.63, 3.8) is 0 Å². The third kappa shape index (κ3) is 4.55. The van der Waals surface area contributed by atoms with Crippen LogP contribution < -0.4 is 15.2 Å². The number of nitrogens with one attached hydrogen (secondary N) is 1. The summed E-state index contributed by atoms with van der Waals surface area (Å²) in [6.45, 7) is 1.23. The van der Waals surface area contributed by atoms with Crippen molar-refractivity contribution in [2.45, 2.75) is 24.2 Å². The summed E-state index contributed by atoms with van der Waals surface area (Å²) in [6.07, 6.45) is -4.94. The number of aromatic amines is 1. The van der Waals surface area contributed by atoms with Crippen LogP contribution in [-0.2, 0) is 14.8 Å². The number of sulfonamides is 1. The van der Waals surface area contributed by atoms with E-state index in [0.717, 1.165) is 39.9 Å². The Hall–Kier alpha value is -3.24. The highest BCUT2D eigenvalue weighted by molar-refractivity contribution is 7.89. The van der Waals surface area contributed by atoms with Crippen molar-refractivity contribution in [1.82, 2.24) is 19.5 Å². The van der Waals surface area contributed by atoms with Crippen molar-refractivity contribution < 1.29 is 36.2 Å². The van der Waals surface area contributed by atoms with E-state index in [1.54, 1.807) is 11.8 Å². The van der Waals surface area contributed by atoms with Crippen LogP contribution in [0.1, 0.15) is 5.69 Å². The fourth-order valence-corrected chi connectivity index (χ4v) is 6.07. The van der Waals surface area contributed by atoms with Crippen molar-refractivity contribution in [2.75, 3.05) is 24.5 Å². The summed E-state index contributed by atoms with van der Waals surface area (Å²) in [4.78, 5) is 29.5. The molecular formula is C18H16F3N5O6S2. The van der Waals surface area contributed by atoms with Crippen LogP contribution in [0.25, 0.3) is 10.2 Å². The van der Waals surface area contributed by atoms with E-state index in [1.165, 1.54) is 0 Å². The number of alkyl halides is 3. The summed E-state index contributed by atoms with van der Waals surface area (Å²) in [5, 5.41) is 16.3. The first kappa shape index (κ1) is 23.9. The Morgan fingerprint density at radius 3 is 2.53 bits per heavy atom. The van der Waals surface area contributed by atoms with E-state index in [2.05, 4.69) is 19.9 Å². The molecule has 34 heavy (non-hydrogen) atoms. The molecule has 0 unspecified atom stereocenters. The van der Waals surface area contributed by atoms with E-state index in [0.29, 0.717) is 21.0 Å². The molecule has 1 aromatic carbocycles. The fraction of sp³-hybridized carbons (Fsp3) is 0.333. The van der Waals surface area contributed by atoms with Crippen LogP contribution in [-0.4, -0.2) is 71.0 Å². The highest BCUT2D eigenvalue weighted by Crippen LogP contribution is 2.31. The molecule has 3 aromatic rings. The molecule has 4 rings (SSSR count). The average Bonchev–Trinajstić information content (AvgIpc) is 3.22. The van der Waals surface area contributed by atoms with E-state index >= 15 is 0 Å². The normalized spacial score (nSPS) is 17.8. The number of nitrogens with zero attached hydrogens (tertiary/aromatic N) is 4. The van der Waals surface area contributed by atoms with Gasteiger partial charge in [-0.25, -0.2) is 18.5 Å². The molecule has 11 nitrogen and oxygen atoms in total. The zero-order chi connectivity index (χ0) is 24.8. The summed E-state index contributed by atoms with van der Waals surface area (Å²) < 4.78 is 68.0. The lowest BCUT2D eigenvalue weighted by atomic mass is 10.2. The summed E-state index contributed by atoms with van der Waals surface area (Å²) in [5.41, 5.74) is 0.399. The van der Waals surface area contributed by atoms with Crippen LogP contribution >= 0.6 is 11.3 Å². The molecule has 0 radical (unpaired) electrons. The van der Waals surface area contributed by atoms with Crippen LogP contribution in [0, 0.1) is 6.92 Å². The fourth-order valence-electron chi connectivity index (χ4n) is 3.46. The van der Waals surface area contributed by atoms with Gasteiger partial charge in [0.25, 0.3) is 5.56 Å². The summed E-state index contributed by atoms with van der Waals surface area (Å²) >= 11 is 1.03. The molecule has 0 bridgehead atoms. The molecule has 0 saturated carbocycles. The molecule has 2 N–H and O–H groups in total. The van der Waals surface area contributed by atoms with Gasteiger partial charge in [0.15, 0.2) is 5.13 Å². The Bertz CT molecular complexity index is 1400. The molecule has 3 heterocycles. The van der Waals surface area contributed by atoms with Crippen molar-refractivity contribution in [2.24, 2.45) is 0 Å². The Morgan fingerprint density at radius 1 is 1.26 bits per heavy atom. The number of carbonyl (C=O) groups is 1. The number of aryl methyl sites for hydroxylation is 1. The van der Waals surface area contributed by atoms with Gasteiger partial charge in [-0.05, 0) is 31.2 Å². The number of aromatic nitrogens is 3. The SMILES string of the molecule is Cc1n[nH]c(=O)c2sc(N3CCN(S(=O)(=O)c4ccc(OC(F)(F)F)cc4)[C@@H](C(=O)O)C3)nc12. The van der Waals surface area contributed by atoms with Gasteiger partial charge in [-0.2, -0.15) is 9.40 Å². The zero-order valence-corrected chi connectivity index (χ0v) is 18.9. The van der Waals surface area contributed by atoms with Gasteiger partial charge in [0.05, 0.1) is 10.6 Å². The van der Waals surface area contributed by atoms with Crippen LogP contribution in [0.4, 0.5) is 18.3 Å². The van der Waals surface area contributed by atoms with Gasteiger partial charge in [-0.1, -0.05) is 11.3 Å². The smallest absolute Gasteiger partial charge is 0.480 e. The molecule has 0 aliphatic carbocycles. The Balaban J connectivity index is 1.60. The van der Waals surface area contributed by atoms with Crippen LogP contribution in [0.5, 0.6) is 5.75 Å². The molecule has 1 fully saturated rings. The van der Waals surface area contributed by atoms with E-state index in [9.17, 15) is 36.3 Å². The largest absolute Gasteiger partial charge is 0.573 e. The maximum Gasteiger partial charge on any atom is 0.573 e. The van der Waals surface area contributed by atoms with Crippen molar-refractivity contribution in [3.8, 4) is 5.75 Å². The Morgan fingerprint density at radius 2 is 1.94 bits per heavy atom. The van der Waals surface area contributed by atoms with E-state index < -0.39 is 39.7 Å². The lowest BCUT2D eigenvalue weighted by molar-refractivity contribution is -0.274. The van der Waals surface area contributed by atoms with Gasteiger partial charge in [-0.15, -0.1) is 13.2 Å². The maximum absolute atomic E-state index is 13.1. The number of rotatable bonds is 5. The third-order valence-corrected chi connectivity index (χ3v) is 8.08. The number of hydrogen-bond donors (Lipinski definition) is 2. The van der Waals surface area contributed by atoms with Gasteiger partial charge in [0.2, 0.25) is 10.0 Å². The number of aliphatic carboxylic acids is 1. The predicted molar refractivity (Wildman–Crippen MR) is 113 cm³/mol. The van der Waals surface area contributed by atoms with Crippen molar-refractivity contribution in [1.29, 1.82) is 0 Å². The van der Waals surface area contributed by atoms with Gasteiger partial charge in [0, 0.05) is 19.6 Å². The molecule has 0 spiro atoms. The number of ether oxygens (including phenoxy) is 1. The number of carboxylic acids is 1. The van der Waals surface area contributed by atoms with E-state index in [1.807, 2.05) is 0 Å². The Labute approximate surface area is 193 Å². The predicted octanol–water partition coefficient (Wildman–Crippen LogP) is 1.55. The second kappa shape index (κ2) is 8.52. The number of benzene rings is 1. The minimum absolute atomic E-state index is 0.0719. The number of carboxylic acid groups (broad SMARTS) is 1. The molecular weight excluding hydrogens is 503 g/mol. The molecule has 0 amide bonds. The lowest BCUT2D eigenvalue weighted by Gasteiger charge is -2.38. The summed E-state index contributed by atoms with van der Waals surface area (Å²) in [7, 11) is -4.35. The van der Waals surface area contributed by atoms with Crippen LogP contribution in [0.3, 0.4) is 0 Å². The standard InChI is InChI=1S/C18H16F3N5O6S2/c1-9-13-14(15(27)24-23-9)33-17(22-13)25-6-7-26(12(8-25)16(28)29)34(30,31)11-4-2-10(3-5-11)32-18(19,20)21/h2-5,12H,6-8H2,1H3,(H,24,27)(H,28,29)/t12-/m1/s1. The van der Waals surface area contributed by atoms with Crippen molar-refractivity contribution >= 4 is 42.7 Å². The summed E-state index contributed by atoms with van der Waals surface area (Å²) in [5.74, 6) is -2.02. The number of fused-ring (bicyclic) bond motifs is 1. The second-order valence-corrected chi connectivity index (χ2v) is 10.1. The highest BCUT2D eigenvalue weighted by atomic mass is 32.2. The topological polar surface area (TPSA) is 146 Å². The van der Waals surface area contributed by atoms with Gasteiger partial charge in [-0.3, -0.25) is 9.59 Å². The molecule has 2 aromatic heterocycles. The second-order valence-electron chi connectivity index (χ2n) is 7.25. The maximum atomic E-state index is 13.1. The number of thiazole rings is 1. The van der Waals surface area contributed by atoms with Crippen molar-refractivity contribution in [3.05, 3.63) is 40.3 Å². The highest BCUT2D eigenvalue weighted by Gasteiger charge is 2.41.